The summed E-state index contributed by atoms with van der Waals surface area (Å²) in [7, 11) is 1.63. The van der Waals surface area contributed by atoms with Gasteiger partial charge in [-0.05, 0) is 62.4 Å². The summed E-state index contributed by atoms with van der Waals surface area (Å²) in [5.41, 5.74) is 3.32. The van der Waals surface area contributed by atoms with Gasteiger partial charge in [-0.2, -0.15) is 0 Å². The van der Waals surface area contributed by atoms with Gasteiger partial charge in [-0.1, -0.05) is 23.8 Å². The van der Waals surface area contributed by atoms with Gasteiger partial charge in [0.1, 0.15) is 5.69 Å². The van der Waals surface area contributed by atoms with Crippen molar-refractivity contribution in [2.24, 2.45) is 0 Å². The number of rotatable bonds is 6. The molecule has 1 N–H and O–H groups in total. The Balaban J connectivity index is 1.36. The second-order valence-corrected chi connectivity index (χ2v) is 9.28. The topological polar surface area (TPSA) is 63.7 Å². The average Bonchev–Trinajstić information content (AvgIpc) is 3.28. The zero-order chi connectivity index (χ0) is 22.6. The van der Waals surface area contributed by atoms with Crippen LogP contribution in [0.4, 0.5) is 10.7 Å². The van der Waals surface area contributed by atoms with Crippen LogP contribution in [0.1, 0.15) is 47.3 Å². The van der Waals surface area contributed by atoms with E-state index in [1.807, 2.05) is 42.5 Å². The Bertz CT molecular complexity index is 1190. The van der Waals surface area contributed by atoms with E-state index in [1.165, 1.54) is 36.2 Å². The van der Waals surface area contributed by atoms with Crippen molar-refractivity contribution in [2.75, 3.05) is 18.6 Å². The minimum atomic E-state index is -0.0257. The Kier molecular flexibility index (Phi) is 6.30. The third-order valence-electron chi connectivity index (χ3n) is 6.05. The molecule has 6 nitrogen and oxygen atoms in total. The van der Waals surface area contributed by atoms with Crippen LogP contribution in [-0.2, 0) is 6.54 Å². The number of nitrogens with one attached hydrogen (secondary N) is 1. The molecule has 0 fully saturated rings. The van der Waals surface area contributed by atoms with Crippen LogP contribution in [0.2, 0.25) is 0 Å². The van der Waals surface area contributed by atoms with Crippen molar-refractivity contribution >= 4 is 27.9 Å². The summed E-state index contributed by atoms with van der Waals surface area (Å²) in [5.74, 6) is 1.84. The molecule has 0 unspecified atom stereocenters. The molecule has 1 aliphatic carbocycles. The summed E-state index contributed by atoms with van der Waals surface area (Å²) in [4.78, 5) is 20.1. The molecule has 2 aromatic heterocycles. The number of methoxy groups -OCH3 is 1. The van der Waals surface area contributed by atoms with E-state index in [4.69, 9.17) is 9.47 Å². The fraction of sp³-hybridized carbons (Fsp3) is 0.308. The molecule has 0 spiro atoms. The van der Waals surface area contributed by atoms with Gasteiger partial charge in [0.05, 0.1) is 23.5 Å². The van der Waals surface area contributed by atoms with Crippen molar-refractivity contribution in [2.45, 2.75) is 38.6 Å². The molecule has 0 bridgehead atoms. The van der Waals surface area contributed by atoms with Crippen LogP contribution in [0.5, 0.6) is 17.4 Å². The zero-order valence-corrected chi connectivity index (χ0v) is 19.5. The van der Waals surface area contributed by atoms with Crippen LogP contribution in [0, 0.1) is 0 Å². The summed E-state index contributed by atoms with van der Waals surface area (Å²) >= 11 is 1.48. The first-order valence-corrected chi connectivity index (χ1v) is 12.2. The number of carbonyl (C=O) groups excluding carboxylic acids is 1. The molecule has 3 aromatic rings. The lowest BCUT2D eigenvalue weighted by atomic mass is 9.97. The second kappa shape index (κ2) is 9.67. The van der Waals surface area contributed by atoms with Crippen LogP contribution in [0.15, 0.2) is 60.3 Å². The summed E-state index contributed by atoms with van der Waals surface area (Å²) in [6, 6.07) is 13.6. The van der Waals surface area contributed by atoms with Crippen LogP contribution in [0.3, 0.4) is 0 Å². The van der Waals surface area contributed by atoms with Crippen LogP contribution >= 0.6 is 11.3 Å². The van der Waals surface area contributed by atoms with Gasteiger partial charge in [0, 0.05) is 18.3 Å². The molecule has 0 atom stereocenters. The summed E-state index contributed by atoms with van der Waals surface area (Å²) in [6.45, 7) is 1.26. The van der Waals surface area contributed by atoms with Gasteiger partial charge >= 0.3 is 0 Å². The van der Waals surface area contributed by atoms with Gasteiger partial charge in [0.2, 0.25) is 5.88 Å². The fourth-order valence-corrected chi connectivity index (χ4v) is 5.26. The Morgan fingerprint density at radius 1 is 1.21 bits per heavy atom. The molecule has 1 aliphatic heterocycles. The number of para-hydroxylation sites is 1. The first kappa shape index (κ1) is 21.5. The molecular weight excluding hydrogens is 434 g/mol. The molecule has 5 rings (SSSR count). The van der Waals surface area contributed by atoms with Crippen LogP contribution in [0.25, 0.3) is 0 Å². The Morgan fingerprint density at radius 3 is 3.00 bits per heavy atom. The molecule has 33 heavy (non-hydrogen) atoms. The number of nitrogens with zero attached hydrogens (tertiary/aromatic N) is 2. The van der Waals surface area contributed by atoms with Crippen molar-refractivity contribution in [3.8, 4) is 17.4 Å². The summed E-state index contributed by atoms with van der Waals surface area (Å²) in [5, 5.41) is 4.05. The number of allylic oxidation sites excluding steroid dienone is 1. The Hall–Kier alpha value is -3.32. The van der Waals surface area contributed by atoms with Gasteiger partial charge in [-0.3, -0.25) is 4.79 Å². The maximum Gasteiger partial charge on any atom is 0.261 e. The highest BCUT2D eigenvalue weighted by Crippen LogP contribution is 2.46. The highest BCUT2D eigenvalue weighted by molar-refractivity contribution is 7.18. The van der Waals surface area contributed by atoms with Gasteiger partial charge in [-0.15, -0.1) is 11.3 Å². The SMILES string of the molecule is COc1cccc2c1Oc1ncccc1N(c1ccc(C(=O)NCCC3=CCCCC3)s1)C2. The number of anilines is 2. The largest absolute Gasteiger partial charge is 0.493 e. The van der Waals surface area contributed by atoms with Crippen LogP contribution < -0.4 is 19.7 Å². The highest BCUT2D eigenvalue weighted by atomic mass is 32.1. The van der Waals surface area contributed by atoms with E-state index in [1.54, 1.807) is 13.3 Å². The molecule has 1 amide bonds. The van der Waals surface area contributed by atoms with E-state index < -0.39 is 0 Å². The van der Waals surface area contributed by atoms with E-state index >= 15 is 0 Å². The second-order valence-electron chi connectivity index (χ2n) is 8.22. The van der Waals surface area contributed by atoms with Gasteiger partial charge < -0.3 is 19.7 Å². The lowest BCUT2D eigenvalue weighted by Gasteiger charge is -2.21. The molecule has 7 heteroatoms. The number of thiophene rings is 1. The monoisotopic (exact) mass is 461 g/mol. The maximum atomic E-state index is 12.8. The highest BCUT2D eigenvalue weighted by Gasteiger charge is 2.26. The van der Waals surface area contributed by atoms with Crippen LogP contribution in [-0.4, -0.2) is 24.5 Å². The van der Waals surface area contributed by atoms with Crippen molar-refractivity contribution in [3.63, 3.8) is 0 Å². The van der Waals surface area contributed by atoms with E-state index in [0.717, 1.165) is 29.1 Å². The molecule has 170 valence electrons. The number of benzene rings is 1. The smallest absolute Gasteiger partial charge is 0.261 e. The summed E-state index contributed by atoms with van der Waals surface area (Å²) < 4.78 is 11.7. The number of amides is 1. The van der Waals surface area contributed by atoms with Gasteiger partial charge in [-0.25, -0.2) is 4.98 Å². The Labute approximate surface area is 197 Å². The minimum absolute atomic E-state index is 0.0257. The third-order valence-corrected chi connectivity index (χ3v) is 7.15. The number of fused-ring (bicyclic) bond motifs is 2. The lowest BCUT2D eigenvalue weighted by Crippen LogP contribution is -2.24. The number of hydrogen-bond acceptors (Lipinski definition) is 6. The number of pyridine rings is 1. The molecule has 0 saturated carbocycles. The standard InChI is InChI=1S/C26H27N3O3S/c1-31-21-11-5-9-19-17-29(20-10-6-15-28-26(20)32-24(19)21)23-13-12-22(33-23)25(30)27-16-14-18-7-3-2-4-8-18/h5-7,9-13,15H,2-4,8,14,16-17H2,1H3,(H,27,30). The molecule has 0 radical (unpaired) electrons. The van der Waals surface area contributed by atoms with Crippen molar-refractivity contribution in [1.29, 1.82) is 0 Å². The minimum Gasteiger partial charge on any atom is -0.493 e. The normalized spacial score (nSPS) is 14.9. The van der Waals surface area contributed by atoms with Crippen molar-refractivity contribution in [3.05, 3.63) is 70.8 Å². The van der Waals surface area contributed by atoms with Crippen molar-refractivity contribution < 1.29 is 14.3 Å². The van der Waals surface area contributed by atoms with E-state index in [9.17, 15) is 4.79 Å². The molecule has 2 aliphatic rings. The van der Waals surface area contributed by atoms with E-state index in [0.29, 0.717) is 35.3 Å². The zero-order valence-electron chi connectivity index (χ0n) is 18.7. The van der Waals surface area contributed by atoms with Gasteiger partial charge in [0.15, 0.2) is 11.5 Å². The average molecular weight is 462 g/mol. The lowest BCUT2D eigenvalue weighted by molar-refractivity contribution is 0.0958. The number of hydrogen-bond donors (Lipinski definition) is 1. The van der Waals surface area contributed by atoms with E-state index in [2.05, 4.69) is 21.3 Å². The molecule has 3 heterocycles. The first-order valence-electron chi connectivity index (χ1n) is 11.3. The predicted octanol–water partition coefficient (Wildman–Crippen LogP) is 6.22. The van der Waals surface area contributed by atoms with Crippen molar-refractivity contribution in [1.82, 2.24) is 10.3 Å². The third kappa shape index (κ3) is 4.59. The summed E-state index contributed by atoms with van der Waals surface area (Å²) in [6.07, 6.45) is 9.86. The predicted molar refractivity (Wildman–Crippen MR) is 131 cm³/mol. The molecule has 0 saturated heterocycles. The molecular formula is C26H27N3O3S. The molecule has 1 aromatic carbocycles. The number of carbonyl (C=O) groups is 1. The van der Waals surface area contributed by atoms with E-state index in [-0.39, 0.29) is 5.91 Å². The Morgan fingerprint density at radius 2 is 2.15 bits per heavy atom. The first-order chi connectivity index (χ1) is 16.2. The van der Waals surface area contributed by atoms with Gasteiger partial charge in [0.25, 0.3) is 5.91 Å². The number of ether oxygens (including phenoxy) is 2. The number of aromatic nitrogens is 1. The quantitative estimate of drug-likeness (QED) is 0.442. The maximum absolute atomic E-state index is 12.8. The fourth-order valence-electron chi connectivity index (χ4n) is 4.33.